The number of rotatable bonds is 2. The number of nitrogens with two attached hydrogens (primary N) is 1. The van der Waals surface area contributed by atoms with Crippen molar-refractivity contribution in [1.29, 1.82) is 0 Å². The second-order valence-electron chi connectivity index (χ2n) is 6.45. The van der Waals surface area contributed by atoms with Crippen LogP contribution >= 0.6 is 0 Å². The monoisotopic (exact) mass is 245 g/mol. The molecule has 0 bridgehead atoms. The van der Waals surface area contributed by atoms with Gasteiger partial charge in [-0.2, -0.15) is 0 Å². The Hall–Kier alpha value is -0.820. The van der Waals surface area contributed by atoms with Crippen LogP contribution in [0.3, 0.4) is 0 Å². The molecule has 0 aromatic heterocycles. The zero-order valence-electron chi connectivity index (χ0n) is 12.1. The minimum Gasteiger partial charge on any atom is -0.325 e. The summed E-state index contributed by atoms with van der Waals surface area (Å²) < 4.78 is 0. The Kier molecular flexibility index (Phi) is 4.11. The molecule has 1 saturated carbocycles. The molecule has 2 unspecified atom stereocenters. The molecule has 0 heterocycles. The molecule has 0 aliphatic heterocycles. The summed E-state index contributed by atoms with van der Waals surface area (Å²) in [7, 11) is 0. The molecule has 0 saturated heterocycles. The summed E-state index contributed by atoms with van der Waals surface area (Å²) in [6.07, 6.45) is 7.36. The first-order chi connectivity index (χ1) is 8.50. The van der Waals surface area contributed by atoms with Crippen molar-refractivity contribution < 1.29 is 0 Å². The van der Waals surface area contributed by atoms with E-state index in [4.69, 9.17) is 5.73 Å². The average Bonchev–Trinajstić information content (AvgIpc) is 2.47. The van der Waals surface area contributed by atoms with Gasteiger partial charge in [-0.1, -0.05) is 38.0 Å². The quantitative estimate of drug-likeness (QED) is 0.778. The lowest BCUT2D eigenvalue weighted by Gasteiger charge is -2.30. The Morgan fingerprint density at radius 3 is 2.50 bits per heavy atom. The van der Waals surface area contributed by atoms with Crippen molar-refractivity contribution in [2.45, 2.75) is 64.8 Å². The third-order valence-corrected chi connectivity index (χ3v) is 4.68. The maximum Gasteiger partial charge on any atom is 0.0195 e. The molecule has 0 amide bonds. The lowest BCUT2D eigenvalue weighted by Crippen LogP contribution is -2.42. The van der Waals surface area contributed by atoms with E-state index in [9.17, 15) is 0 Å². The van der Waals surface area contributed by atoms with Crippen LogP contribution in [0.5, 0.6) is 0 Å². The molecule has 2 N–H and O–H groups in total. The van der Waals surface area contributed by atoms with E-state index >= 15 is 0 Å². The molecular formula is C17H27N. The second-order valence-corrected chi connectivity index (χ2v) is 6.45. The summed E-state index contributed by atoms with van der Waals surface area (Å²) in [5, 5.41) is 0. The van der Waals surface area contributed by atoms with Gasteiger partial charge in [-0.3, -0.25) is 0 Å². The van der Waals surface area contributed by atoms with Crippen LogP contribution in [0, 0.1) is 19.8 Å². The van der Waals surface area contributed by atoms with Gasteiger partial charge in [0.2, 0.25) is 0 Å². The fraction of sp³-hybridized carbons (Fsp3) is 0.647. The second kappa shape index (κ2) is 5.44. The Morgan fingerprint density at radius 1 is 1.17 bits per heavy atom. The van der Waals surface area contributed by atoms with Gasteiger partial charge in [0.25, 0.3) is 0 Å². The minimum absolute atomic E-state index is 0.0294. The zero-order chi connectivity index (χ0) is 13.2. The van der Waals surface area contributed by atoms with Crippen molar-refractivity contribution in [3.8, 4) is 0 Å². The SMILES string of the molecule is Cc1cccc(C)c1CC1(N)CCCC(C)CC1. The van der Waals surface area contributed by atoms with Gasteiger partial charge in [0.15, 0.2) is 0 Å². The predicted octanol–water partition coefficient (Wildman–Crippen LogP) is 4.14. The summed E-state index contributed by atoms with van der Waals surface area (Å²) in [4.78, 5) is 0. The Labute approximate surface area is 112 Å². The molecule has 1 heteroatoms. The Morgan fingerprint density at radius 2 is 1.83 bits per heavy atom. The molecule has 2 rings (SSSR count). The number of hydrogen-bond acceptors (Lipinski definition) is 1. The largest absolute Gasteiger partial charge is 0.325 e. The van der Waals surface area contributed by atoms with Crippen LogP contribution in [0.1, 0.15) is 55.7 Å². The van der Waals surface area contributed by atoms with Crippen molar-refractivity contribution in [2.24, 2.45) is 11.7 Å². The summed E-state index contributed by atoms with van der Waals surface area (Å²) >= 11 is 0. The fourth-order valence-corrected chi connectivity index (χ4v) is 3.26. The maximum atomic E-state index is 6.69. The molecule has 1 aromatic carbocycles. The van der Waals surface area contributed by atoms with Gasteiger partial charge in [0.05, 0.1) is 0 Å². The van der Waals surface area contributed by atoms with Crippen LogP contribution in [0.15, 0.2) is 18.2 Å². The molecular weight excluding hydrogens is 218 g/mol. The highest BCUT2D eigenvalue weighted by Gasteiger charge is 2.29. The molecule has 1 aliphatic carbocycles. The molecule has 1 aliphatic rings. The van der Waals surface area contributed by atoms with Gasteiger partial charge in [0, 0.05) is 5.54 Å². The van der Waals surface area contributed by atoms with Crippen LogP contribution in [0.4, 0.5) is 0 Å². The van der Waals surface area contributed by atoms with Crippen LogP contribution < -0.4 is 5.73 Å². The highest BCUT2D eigenvalue weighted by atomic mass is 14.7. The molecule has 100 valence electrons. The van der Waals surface area contributed by atoms with E-state index in [2.05, 4.69) is 39.0 Å². The van der Waals surface area contributed by atoms with Crippen molar-refractivity contribution in [3.63, 3.8) is 0 Å². The van der Waals surface area contributed by atoms with Gasteiger partial charge < -0.3 is 5.73 Å². The predicted molar refractivity (Wildman–Crippen MR) is 78.8 cm³/mol. The molecule has 2 atom stereocenters. The molecule has 0 radical (unpaired) electrons. The first kappa shape index (κ1) is 13.6. The smallest absolute Gasteiger partial charge is 0.0195 e. The summed E-state index contributed by atoms with van der Waals surface area (Å²) in [6, 6.07) is 6.57. The normalized spacial score (nSPS) is 29.0. The third kappa shape index (κ3) is 3.14. The standard InChI is InChI=1S/C17H27N/c1-13-6-5-10-17(18,11-9-13)12-16-14(2)7-4-8-15(16)3/h4,7-8,13H,5-6,9-12,18H2,1-3H3. The van der Waals surface area contributed by atoms with Crippen molar-refractivity contribution in [2.75, 3.05) is 0 Å². The van der Waals surface area contributed by atoms with Crippen LogP contribution in [0.2, 0.25) is 0 Å². The topological polar surface area (TPSA) is 26.0 Å². The van der Waals surface area contributed by atoms with Gasteiger partial charge in [-0.25, -0.2) is 0 Å². The minimum atomic E-state index is 0.0294. The maximum absolute atomic E-state index is 6.69. The highest BCUT2D eigenvalue weighted by Crippen LogP contribution is 2.32. The Bertz CT molecular complexity index is 390. The van der Waals surface area contributed by atoms with E-state index in [1.54, 1.807) is 0 Å². The van der Waals surface area contributed by atoms with E-state index in [0.29, 0.717) is 0 Å². The van der Waals surface area contributed by atoms with Gasteiger partial charge in [0.1, 0.15) is 0 Å². The van der Waals surface area contributed by atoms with Crippen molar-refractivity contribution in [1.82, 2.24) is 0 Å². The lowest BCUT2D eigenvalue weighted by atomic mass is 9.82. The molecule has 0 spiro atoms. The van der Waals surface area contributed by atoms with Crippen molar-refractivity contribution in [3.05, 3.63) is 34.9 Å². The van der Waals surface area contributed by atoms with Crippen LogP contribution in [-0.2, 0) is 6.42 Å². The number of hydrogen-bond donors (Lipinski definition) is 1. The van der Waals surface area contributed by atoms with Crippen molar-refractivity contribution >= 4 is 0 Å². The molecule has 18 heavy (non-hydrogen) atoms. The summed E-state index contributed by atoms with van der Waals surface area (Å²) in [5.41, 5.74) is 11.0. The molecule has 1 aromatic rings. The highest BCUT2D eigenvalue weighted by molar-refractivity contribution is 5.35. The summed E-state index contributed by atoms with van der Waals surface area (Å²) in [5.74, 6) is 0.855. The van der Waals surface area contributed by atoms with Crippen LogP contribution in [0.25, 0.3) is 0 Å². The van der Waals surface area contributed by atoms with Gasteiger partial charge >= 0.3 is 0 Å². The third-order valence-electron chi connectivity index (χ3n) is 4.68. The number of benzene rings is 1. The summed E-state index contributed by atoms with van der Waals surface area (Å²) in [6.45, 7) is 6.79. The van der Waals surface area contributed by atoms with E-state index in [1.807, 2.05) is 0 Å². The zero-order valence-corrected chi connectivity index (χ0v) is 12.1. The first-order valence-electron chi connectivity index (χ1n) is 7.34. The van der Waals surface area contributed by atoms with Gasteiger partial charge in [-0.15, -0.1) is 0 Å². The first-order valence-corrected chi connectivity index (χ1v) is 7.34. The Balaban J connectivity index is 2.16. The lowest BCUT2D eigenvalue weighted by molar-refractivity contribution is 0.362. The van der Waals surface area contributed by atoms with E-state index in [-0.39, 0.29) is 5.54 Å². The molecule has 1 nitrogen and oxygen atoms in total. The molecule has 1 fully saturated rings. The average molecular weight is 245 g/mol. The van der Waals surface area contributed by atoms with E-state index in [0.717, 1.165) is 12.3 Å². The van der Waals surface area contributed by atoms with E-state index in [1.165, 1.54) is 48.8 Å². The van der Waals surface area contributed by atoms with E-state index < -0.39 is 0 Å². The van der Waals surface area contributed by atoms with Crippen LogP contribution in [-0.4, -0.2) is 5.54 Å². The van der Waals surface area contributed by atoms with Gasteiger partial charge in [-0.05, 0) is 62.1 Å². The fourth-order valence-electron chi connectivity index (χ4n) is 3.26. The number of aryl methyl sites for hydroxylation is 2.